The maximum absolute atomic E-state index is 15.1. The molecule has 2 amide bonds. The largest absolute Gasteiger partial charge is 0.378 e. The van der Waals surface area contributed by atoms with Gasteiger partial charge in [0, 0.05) is 0 Å². The average molecular weight is 771 g/mol. The Morgan fingerprint density at radius 2 is 0.759 bits per heavy atom. The van der Waals surface area contributed by atoms with Crippen LogP contribution in [0.2, 0.25) is 0 Å². The maximum Gasteiger partial charge on any atom is 0.236 e. The van der Waals surface area contributed by atoms with Crippen LogP contribution >= 0.6 is 0 Å². The Bertz CT molecular complexity index is 2050. The molecule has 0 heterocycles. The Kier molecular flexibility index (Phi) is 11.8. The Hall–Kier alpha value is -5.82. The minimum absolute atomic E-state index is 0.305. The lowest BCUT2D eigenvalue weighted by atomic mass is 9.66. The molecule has 0 bridgehead atoms. The first-order chi connectivity index (χ1) is 27.9. The third-order valence-electron chi connectivity index (χ3n) is 12.2. The van der Waals surface area contributed by atoms with E-state index in [1.807, 2.05) is 185 Å². The lowest BCUT2D eigenvalue weighted by Gasteiger charge is -2.45. The molecule has 6 aromatic carbocycles. The molecule has 2 atom stereocenters. The van der Waals surface area contributed by atoms with Gasteiger partial charge in [0.1, 0.15) is 16.6 Å². The van der Waals surface area contributed by atoms with Gasteiger partial charge in [-0.25, -0.2) is 0 Å². The van der Waals surface area contributed by atoms with E-state index in [-0.39, 0.29) is 0 Å². The minimum atomic E-state index is -1.65. The summed E-state index contributed by atoms with van der Waals surface area (Å²) in [6, 6.07) is 48.9. The number of rotatable bonds is 14. The first-order valence-corrected chi connectivity index (χ1v) is 20.3. The van der Waals surface area contributed by atoms with Gasteiger partial charge >= 0.3 is 0 Å². The van der Waals surface area contributed by atoms with Crippen LogP contribution in [0.25, 0.3) is 0 Å². The Balaban J connectivity index is 1.29. The Morgan fingerprint density at radius 3 is 1.00 bits per heavy atom. The second kappa shape index (κ2) is 17.0. The fourth-order valence-electron chi connectivity index (χ4n) is 8.35. The van der Waals surface area contributed by atoms with Crippen molar-refractivity contribution in [2.24, 2.45) is 5.41 Å². The quantitative estimate of drug-likeness (QED) is 0.0834. The number of aryl methyl sites for hydroxylation is 4. The van der Waals surface area contributed by atoms with E-state index >= 15 is 9.59 Å². The fraction of sp³-hybridized carbons (Fsp3) is 0.269. The molecule has 0 spiro atoms. The number of carbonyl (C=O) groups is 2. The number of amides is 2. The van der Waals surface area contributed by atoms with Gasteiger partial charge in [0.05, 0.1) is 12.1 Å². The summed E-state index contributed by atoms with van der Waals surface area (Å²) < 4.78 is 0. The van der Waals surface area contributed by atoms with E-state index in [1.165, 1.54) is 0 Å². The highest BCUT2D eigenvalue weighted by Crippen LogP contribution is 2.44. The van der Waals surface area contributed by atoms with Crippen molar-refractivity contribution in [1.29, 1.82) is 0 Å². The number of carbonyl (C=O) groups excluding carboxylic acids is 2. The lowest BCUT2D eigenvalue weighted by molar-refractivity contribution is -0.152. The zero-order valence-electron chi connectivity index (χ0n) is 33.9. The van der Waals surface area contributed by atoms with Crippen molar-refractivity contribution in [1.82, 2.24) is 10.6 Å². The molecule has 1 saturated carbocycles. The summed E-state index contributed by atoms with van der Waals surface area (Å²) in [4.78, 5) is 30.1. The Morgan fingerprint density at radius 1 is 0.483 bits per heavy atom. The third-order valence-corrected chi connectivity index (χ3v) is 12.2. The number of hydrogen-bond donors (Lipinski definition) is 4. The lowest BCUT2D eigenvalue weighted by Crippen LogP contribution is -2.63. The molecule has 6 heteroatoms. The fourth-order valence-corrected chi connectivity index (χ4v) is 8.35. The molecule has 1 aliphatic rings. The van der Waals surface area contributed by atoms with Gasteiger partial charge in [-0.2, -0.15) is 0 Å². The van der Waals surface area contributed by atoms with Gasteiger partial charge in [-0.3, -0.25) is 9.59 Å². The zero-order valence-corrected chi connectivity index (χ0v) is 33.9. The molecule has 0 aliphatic heterocycles. The van der Waals surface area contributed by atoms with Gasteiger partial charge in [-0.05, 0) is 86.8 Å². The van der Waals surface area contributed by atoms with E-state index in [0.29, 0.717) is 54.4 Å². The minimum Gasteiger partial charge on any atom is -0.378 e. The standard InChI is InChI=1S/C52H54N2O4/c1-36-16-24-42(25-17-36)51(57,43-26-18-37(2)19-27-43)46(34-40-12-7-5-8-13-40)53-48(55)50(32-11-33-50)49(56)54-47(35-41-14-9-6-10-15-41)52(58,44-28-20-38(3)21-29-44)45-30-22-39(4)23-31-45/h5-10,12-31,46-47,57-58H,11,32-35H2,1-4H3,(H,53,55)(H,54,56)/t46-,47-/m1/s1. The summed E-state index contributed by atoms with van der Waals surface area (Å²) in [6.45, 7) is 8.00. The molecule has 58 heavy (non-hydrogen) atoms. The monoisotopic (exact) mass is 770 g/mol. The van der Waals surface area contributed by atoms with Crippen LogP contribution in [0.3, 0.4) is 0 Å². The van der Waals surface area contributed by atoms with E-state index in [1.54, 1.807) is 0 Å². The highest BCUT2D eigenvalue weighted by molar-refractivity contribution is 6.06. The number of nitrogens with one attached hydrogen (secondary N) is 2. The molecular formula is C52H54N2O4. The zero-order chi connectivity index (χ0) is 40.9. The smallest absolute Gasteiger partial charge is 0.236 e. The SMILES string of the molecule is Cc1ccc(C(O)(c2ccc(C)cc2)[C@@H](Cc2ccccc2)NC(=O)C2(C(=O)N[C@H](Cc3ccccc3)C(O)(c3ccc(C)cc3)c3ccc(C)cc3)CCC2)cc1. The molecule has 1 fully saturated rings. The second-order valence-corrected chi connectivity index (χ2v) is 16.4. The Labute approximate surface area is 343 Å². The maximum atomic E-state index is 15.1. The van der Waals surface area contributed by atoms with Crippen LogP contribution in [0, 0.1) is 33.1 Å². The van der Waals surface area contributed by atoms with Crippen molar-refractivity contribution in [3.05, 3.63) is 213 Å². The van der Waals surface area contributed by atoms with E-state index in [2.05, 4.69) is 10.6 Å². The van der Waals surface area contributed by atoms with E-state index in [4.69, 9.17) is 0 Å². The molecule has 0 saturated heterocycles. The summed E-state index contributed by atoms with van der Waals surface area (Å²) in [5.74, 6) is -0.884. The molecule has 1 aliphatic carbocycles. The molecule has 296 valence electrons. The van der Waals surface area contributed by atoms with Crippen LogP contribution in [-0.4, -0.2) is 34.1 Å². The van der Waals surface area contributed by atoms with Crippen LogP contribution < -0.4 is 10.6 Å². The van der Waals surface area contributed by atoms with Crippen LogP contribution in [-0.2, 0) is 33.6 Å². The normalized spacial score (nSPS) is 14.8. The first kappa shape index (κ1) is 40.4. The predicted octanol–water partition coefficient (Wildman–Crippen LogP) is 8.72. The highest BCUT2D eigenvalue weighted by atomic mass is 16.3. The van der Waals surface area contributed by atoms with Gasteiger partial charge in [-0.15, -0.1) is 0 Å². The van der Waals surface area contributed by atoms with E-state index in [9.17, 15) is 10.2 Å². The van der Waals surface area contributed by atoms with Gasteiger partial charge in [0.2, 0.25) is 11.8 Å². The summed E-state index contributed by atoms with van der Waals surface area (Å²) in [7, 11) is 0. The van der Waals surface area contributed by atoms with Gasteiger partial charge < -0.3 is 20.8 Å². The molecule has 7 rings (SSSR count). The summed E-state index contributed by atoms with van der Waals surface area (Å²) >= 11 is 0. The van der Waals surface area contributed by atoms with Crippen molar-refractivity contribution < 1.29 is 19.8 Å². The number of hydrogen-bond acceptors (Lipinski definition) is 4. The highest BCUT2D eigenvalue weighted by Gasteiger charge is 2.54. The second-order valence-electron chi connectivity index (χ2n) is 16.4. The third kappa shape index (κ3) is 8.13. The molecule has 4 N–H and O–H groups in total. The van der Waals surface area contributed by atoms with Crippen LogP contribution in [0.5, 0.6) is 0 Å². The summed E-state index contributed by atoms with van der Waals surface area (Å²) in [5, 5.41) is 32.9. The van der Waals surface area contributed by atoms with Crippen molar-refractivity contribution in [3.63, 3.8) is 0 Å². The van der Waals surface area contributed by atoms with Crippen LogP contribution in [0.1, 0.15) is 74.9 Å². The van der Waals surface area contributed by atoms with Gasteiger partial charge in [-0.1, -0.05) is 186 Å². The molecule has 0 radical (unpaired) electrons. The summed E-state index contributed by atoms with van der Waals surface area (Å²) in [5.41, 5.74) is 3.88. The average Bonchev–Trinajstić information content (AvgIpc) is 3.21. The molecule has 6 nitrogen and oxygen atoms in total. The van der Waals surface area contributed by atoms with Crippen LogP contribution in [0.4, 0.5) is 0 Å². The van der Waals surface area contributed by atoms with Crippen molar-refractivity contribution in [2.45, 2.75) is 83.1 Å². The van der Waals surface area contributed by atoms with Gasteiger partial charge in [0.15, 0.2) is 0 Å². The van der Waals surface area contributed by atoms with Crippen molar-refractivity contribution in [3.8, 4) is 0 Å². The van der Waals surface area contributed by atoms with Crippen molar-refractivity contribution >= 4 is 11.8 Å². The number of benzene rings is 6. The molecular weight excluding hydrogens is 717 g/mol. The molecule has 0 aromatic heterocycles. The summed E-state index contributed by atoms with van der Waals surface area (Å²) in [6.07, 6.45) is 1.97. The molecule has 0 unspecified atom stereocenters. The van der Waals surface area contributed by atoms with E-state index in [0.717, 1.165) is 33.4 Å². The first-order valence-electron chi connectivity index (χ1n) is 20.3. The van der Waals surface area contributed by atoms with Gasteiger partial charge in [0.25, 0.3) is 0 Å². The molecule has 6 aromatic rings. The van der Waals surface area contributed by atoms with Crippen LogP contribution in [0.15, 0.2) is 158 Å². The van der Waals surface area contributed by atoms with Crippen molar-refractivity contribution in [2.75, 3.05) is 0 Å². The predicted molar refractivity (Wildman–Crippen MR) is 231 cm³/mol. The topological polar surface area (TPSA) is 98.7 Å². The number of aliphatic hydroxyl groups is 2. The van der Waals surface area contributed by atoms with E-state index < -0.39 is 40.5 Å².